The molecule has 0 aliphatic heterocycles. The van der Waals surface area contributed by atoms with Crippen molar-refractivity contribution in [1.29, 1.82) is 0 Å². The first-order valence-corrected chi connectivity index (χ1v) is 7.20. The van der Waals surface area contributed by atoms with E-state index in [0.29, 0.717) is 23.5 Å². The molecule has 0 aromatic carbocycles. The van der Waals surface area contributed by atoms with E-state index in [-0.39, 0.29) is 5.91 Å². The number of rotatable bonds is 3. The van der Waals surface area contributed by atoms with Gasteiger partial charge in [-0.3, -0.25) is 9.78 Å². The first-order valence-electron chi connectivity index (χ1n) is 6.38. The van der Waals surface area contributed by atoms with E-state index >= 15 is 0 Å². The molecule has 0 aliphatic carbocycles. The molecule has 3 N–H and O–H groups in total. The highest BCUT2D eigenvalue weighted by Crippen LogP contribution is 2.35. The summed E-state index contributed by atoms with van der Waals surface area (Å²) in [4.78, 5) is 17.1. The molecular weight excluding hydrogens is 270 g/mol. The van der Waals surface area contributed by atoms with Crippen molar-refractivity contribution in [3.05, 3.63) is 22.3 Å². The van der Waals surface area contributed by atoms with Crippen LogP contribution in [0.3, 0.4) is 0 Å². The summed E-state index contributed by atoms with van der Waals surface area (Å²) in [5, 5.41) is 3.73. The molecule has 2 heterocycles. The molecule has 1 amide bonds. The number of aryl methyl sites for hydroxylation is 2. The monoisotopic (exact) mass is 287 g/mol. The number of aromatic nitrogens is 1. The quantitative estimate of drug-likeness (QED) is 0.673. The minimum absolute atomic E-state index is 0.140. The van der Waals surface area contributed by atoms with Crippen molar-refractivity contribution < 1.29 is 4.79 Å². The van der Waals surface area contributed by atoms with Crippen LogP contribution in [0.5, 0.6) is 0 Å². The Labute approximate surface area is 122 Å². The van der Waals surface area contributed by atoms with Gasteiger partial charge >= 0.3 is 0 Å². The van der Waals surface area contributed by atoms with Crippen molar-refractivity contribution in [2.24, 2.45) is 0 Å². The van der Waals surface area contributed by atoms with Crippen LogP contribution in [-0.4, -0.2) is 17.4 Å². The number of nitrogens with one attached hydrogen (secondary N) is 1. The van der Waals surface area contributed by atoms with Crippen LogP contribution in [0.2, 0.25) is 0 Å². The number of anilines is 1. The van der Waals surface area contributed by atoms with Gasteiger partial charge in [0, 0.05) is 34.4 Å². The van der Waals surface area contributed by atoms with Gasteiger partial charge in [-0.25, -0.2) is 0 Å². The number of carbonyl (C=O) groups is 1. The van der Waals surface area contributed by atoms with Crippen molar-refractivity contribution in [3.8, 4) is 11.8 Å². The van der Waals surface area contributed by atoms with Crippen molar-refractivity contribution in [2.75, 3.05) is 12.3 Å². The zero-order chi connectivity index (χ0) is 14.7. The van der Waals surface area contributed by atoms with E-state index in [1.54, 1.807) is 6.92 Å². The van der Waals surface area contributed by atoms with E-state index in [2.05, 4.69) is 22.1 Å². The Morgan fingerprint density at radius 2 is 2.25 bits per heavy atom. The molecule has 4 nitrogen and oxygen atoms in total. The highest BCUT2D eigenvalue weighted by molar-refractivity contribution is 7.21. The zero-order valence-corrected chi connectivity index (χ0v) is 12.6. The molecule has 2 aromatic heterocycles. The Bertz CT molecular complexity index is 722. The standard InChI is InChI=1S/C15H17N3OS/c1-4-5-6-7-17-15(19)14-13(16)12-10(3)18-9(2)8-11(12)20-14/h8H,6-7,16H2,1-3H3,(H,17,19). The summed E-state index contributed by atoms with van der Waals surface area (Å²) < 4.78 is 1.01. The van der Waals surface area contributed by atoms with Crippen molar-refractivity contribution in [2.45, 2.75) is 27.2 Å². The molecule has 2 aromatic rings. The van der Waals surface area contributed by atoms with Crippen LogP contribution < -0.4 is 11.1 Å². The van der Waals surface area contributed by atoms with Crippen LogP contribution in [-0.2, 0) is 0 Å². The van der Waals surface area contributed by atoms with Crippen LogP contribution in [0.25, 0.3) is 10.1 Å². The van der Waals surface area contributed by atoms with Crippen LogP contribution >= 0.6 is 11.3 Å². The van der Waals surface area contributed by atoms with E-state index < -0.39 is 0 Å². The van der Waals surface area contributed by atoms with E-state index in [1.807, 2.05) is 19.9 Å². The second kappa shape index (κ2) is 5.93. The van der Waals surface area contributed by atoms with Gasteiger partial charge in [0.05, 0.1) is 5.69 Å². The summed E-state index contributed by atoms with van der Waals surface area (Å²) in [6.07, 6.45) is 0.646. The summed E-state index contributed by atoms with van der Waals surface area (Å²) in [5.41, 5.74) is 8.42. The topological polar surface area (TPSA) is 68.0 Å². The Kier molecular flexibility index (Phi) is 4.26. The molecule has 104 valence electrons. The maximum Gasteiger partial charge on any atom is 0.263 e. The Morgan fingerprint density at radius 3 is 2.95 bits per heavy atom. The average Bonchev–Trinajstić information content (AvgIpc) is 2.71. The fraction of sp³-hybridized carbons (Fsp3) is 0.333. The highest BCUT2D eigenvalue weighted by Gasteiger charge is 2.18. The number of nitrogens with zero attached hydrogens (tertiary/aromatic N) is 1. The third kappa shape index (κ3) is 2.75. The number of nitrogens with two attached hydrogens (primary N) is 1. The molecule has 0 spiro atoms. The van der Waals surface area contributed by atoms with Crippen LogP contribution in [0.1, 0.15) is 34.4 Å². The van der Waals surface area contributed by atoms with Crippen LogP contribution in [0.15, 0.2) is 6.07 Å². The second-order valence-corrected chi connectivity index (χ2v) is 5.55. The number of hydrogen-bond acceptors (Lipinski definition) is 4. The number of amides is 1. The van der Waals surface area contributed by atoms with Crippen LogP contribution in [0, 0.1) is 25.7 Å². The fourth-order valence-corrected chi connectivity index (χ4v) is 3.28. The Hall–Kier alpha value is -2.06. The lowest BCUT2D eigenvalue weighted by atomic mass is 10.2. The molecule has 5 heteroatoms. The molecule has 0 atom stereocenters. The maximum absolute atomic E-state index is 12.1. The number of nitrogen functional groups attached to an aromatic ring is 1. The molecule has 0 radical (unpaired) electrons. The van der Waals surface area contributed by atoms with Gasteiger partial charge in [0.15, 0.2) is 0 Å². The second-order valence-electron chi connectivity index (χ2n) is 4.50. The van der Waals surface area contributed by atoms with Gasteiger partial charge in [-0.05, 0) is 26.8 Å². The van der Waals surface area contributed by atoms with E-state index in [4.69, 9.17) is 5.73 Å². The molecule has 0 saturated carbocycles. The molecule has 0 saturated heterocycles. The van der Waals surface area contributed by atoms with Gasteiger partial charge in [0.2, 0.25) is 0 Å². The SMILES string of the molecule is CC#CCCNC(=O)c1sc2cc(C)nc(C)c2c1N. The van der Waals surface area contributed by atoms with Crippen molar-refractivity contribution >= 4 is 33.0 Å². The third-order valence-corrected chi connectivity index (χ3v) is 4.09. The fourth-order valence-electron chi connectivity index (χ4n) is 2.09. The smallest absolute Gasteiger partial charge is 0.263 e. The molecular formula is C15H17N3OS. The summed E-state index contributed by atoms with van der Waals surface area (Å²) in [6.45, 7) is 6.16. The normalized spacial score (nSPS) is 10.2. The predicted molar refractivity (Wildman–Crippen MR) is 83.9 cm³/mol. The number of fused-ring (bicyclic) bond motifs is 1. The summed E-state index contributed by atoms with van der Waals surface area (Å²) in [6, 6.07) is 1.96. The van der Waals surface area contributed by atoms with E-state index in [0.717, 1.165) is 21.5 Å². The van der Waals surface area contributed by atoms with Gasteiger partial charge in [-0.1, -0.05) is 0 Å². The summed E-state index contributed by atoms with van der Waals surface area (Å²) in [5.74, 6) is 5.57. The Morgan fingerprint density at radius 1 is 1.50 bits per heavy atom. The van der Waals surface area contributed by atoms with Crippen molar-refractivity contribution in [1.82, 2.24) is 10.3 Å². The summed E-state index contributed by atoms with van der Waals surface area (Å²) in [7, 11) is 0. The average molecular weight is 287 g/mol. The highest BCUT2D eigenvalue weighted by atomic mass is 32.1. The first-order chi connectivity index (χ1) is 9.54. The molecule has 0 unspecified atom stereocenters. The van der Waals surface area contributed by atoms with E-state index in [1.165, 1.54) is 11.3 Å². The number of thiophene rings is 1. The maximum atomic E-state index is 12.1. The Balaban J connectivity index is 2.30. The lowest BCUT2D eigenvalue weighted by Gasteiger charge is -2.02. The molecule has 0 aliphatic rings. The number of carbonyl (C=O) groups excluding carboxylic acids is 1. The van der Waals surface area contributed by atoms with Gasteiger partial charge in [0.25, 0.3) is 5.91 Å². The minimum atomic E-state index is -0.140. The number of hydrogen-bond donors (Lipinski definition) is 2. The lowest BCUT2D eigenvalue weighted by Crippen LogP contribution is -2.24. The molecule has 2 rings (SSSR count). The molecule has 0 bridgehead atoms. The van der Waals surface area contributed by atoms with Gasteiger partial charge in [0.1, 0.15) is 4.88 Å². The largest absolute Gasteiger partial charge is 0.397 e. The first kappa shape index (κ1) is 14.4. The minimum Gasteiger partial charge on any atom is -0.397 e. The predicted octanol–water partition coefficient (Wildman–Crippen LogP) is 2.64. The molecule has 20 heavy (non-hydrogen) atoms. The zero-order valence-electron chi connectivity index (χ0n) is 11.8. The number of pyridine rings is 1. The summed E-state index contributed by atoms with van der Waals surface area (Å²) >= 11 is 1.41. The third-order valence-electron chi connectivity index (χ3n) is 2.94. The van der Waals surface area contributed by atoms with Gasteiger partial charge < -0.3 is 11.1 Å². The van der Waals surface area contributed by atoms with Crippen molar-refractivity contribution in [3.63, 3.8) is 0 Å². The van der Waals surface area contributed by atoms with Crippen LogP contribution in [0.4, 0.5) is 5.69 Å². The van der Waals surface area contributed by atoms with E-state index in [9.17, 15) is 4.79 Å². The van der Waals surface area contributed by atoms with Gasteiger partial charge in [-0.2, -0.15) is 0 Å². The van der Waals surface area contributed by atoms with Gasteiger partial charge in [-0.15, -0.1) is 23.2 Å². The molecule has 0 fully saturated rings. The lowest BCUT2D eigenvalue weighted by molar-refractivity contribution is 0.0959.